The highest BCUT2D eigenvalue weighted by Crippen LogP contribution is 2.14. The van der Waals surface area contributed by atoms with Crippen molar-refractivity contribution in [3.05, 3.63) is 17.8 Å². The number of hydrogen-bond acceptors (Lipinski definition) is 5. The minimum Gasteiger partial charge on any atom is -0.478 e. The lowest BCUT2D eigenvalue weighted by atomic mass is 10.3. The Labute approximate surface area is 81.8 Å². The van der Waals surface area contributed by atoms with Gasteiger partial charge in [-0.2, -0.15) is 0 Å². The van der Waals surface area contributed by atoms with Crippen LogP contribution in [-0.2, 0) is 4.74 Å². The van der Waals surface area contributed by atoms with E-state index < -0.39 is 5.97 Å². The largest absolute Gasteiger partial charge is 0.478 e. The zero-order valence-electron chi connectivity index (χ0n) is 8.11. The normalized spacial score (nSPS) is 9.57. The van der Waals surface area contributed by atoms with Gasteiger partial charge in [-0.1, -0.05) is 0 Å². The van der Waals surface area contributed by atoms with Gasteiger partial charge >= 0.3 is 5.97 Å². The Balaban J connectivity index is 3.00. The second-order valence-corrected chi connectivity index (χ2v) is 2.55. The summed E-state index contributed by atoms with van der Waals surface area (Å²) in [5.74, 6) is -0.203. The minimum absolute atomic E-state index is 0.149. The van der Waals surface area contributed by atoms with E-state index in [9.17, 15) is 4.79 Å². The summed E-state index contributed by atoms with van der Waals surface area (Å²) in [5.41, 5.74) is 6.12. The highest BCUT2D eigenvalue weighted by Gasteiger charge is 2.09. The van der Waals surface area contributed by atoms with E-state index in [1.165, 1.54) is 13.2 Å². The molecule has 0 saturated heterocycles. The van der Waals surface area contributed by atoms with Crippen molar-refractivity contribution in [2.24, 2.45) is 0 Å². The van der Waals surface area contributed by atoms with Crippen molar-refractivity contribution in [1.29, 1.82) is 0 Å². The van der Waals surface area contributed by atoms with Gasteiger partial charge in [0.05, 0.1) is 13.7 Å². The van der Waals surface area contributed by atoms with Crippen LogP contribution >= 0.6 is 0 Å². The van der Waals surface area contributed by atoms with Crippen molar-refractivity contribution in [2.75, 3.05) is 19.5 Å². The molecule has 14 heavy (non-hydrogen) atoms. The Kier molecular flexibility index (Phi) is 3.28. The SMILES string of the molecule is CCOc1cc(N)cc(C(=O)OC)n1. The number of carbonyl (C=O) groups is 1. The first-order valence-electron chi connectivity index (χ1n) is 4.16. The van der Waals surface area contributed by atoms with E-state index in [1.807, 2.05) is 6.92 Å². The maximum Gasteiger partial charge on any atom is 0.356 e. The maximum atomic E-state index is 11.1. The third-order valence-electron chi connectivity index (χ3n) is 1.51. The van der Waals surface area contributed by atoms with E-state index in [4.69, 9.17) is 10.5 Å². The van der Waals surface area contributed by atoms with Crippen molar-refractivity contribution in [3.63, 3.8) is 0 Å². The molecule has 0 saturated carbocycles. The van der Waals surface area contributed by atoms with Crippen LogP contribution in [0.15, 0.2) is 12.1 Å². The first-order chi connectivity index (χ1) is 6.67. The molecular formula is C9H12N2O3. The van der Waals surface area contributed by atoms with Crippen molar-refractivity contribution in [2.45, 2.75) is 6.92 Å². The molecule has 1 rings (SSSR count). The van der Waals surface area contributed by atoms with E-state index in [0.29, 0.717) is 18.2 Å². The van der Waals surface area contributed by atoms with Crippen molar-refractivity contribution in [1.82, 2.24) is 4.98 Å². The Morgan fingerprint density at radius 1 is 1.57 bits per heavy atom. The number of anilines is 1. The highest BCUT2D eigenvalue weighted by molar-refractivity contribution is 5.88. The molecule has 1 heterocycles. The average molecular weight is 196 g/mol. The predicted octanol–water partition coefficient (Wildman–Crippen LogP) is 0.849. The lowest BCUT2D eigenvalue weighted by Crippen LogP contribution is -2.07. The summed E-state index contributed by atoms with van der Waals surface area (Å²) in [5, 5.41) is 0. The summed E-state index contributed by atoms with van der Waals surface area (Å²) in [6.45, 7) is 2.29. The van der Waals surface area contributed by atoms with E-state index in [2.05, 4.69) is 9.72 Å². The lowest BCUT2D eigenvalue weighted by molar-refractivity contribution is 0.0593. The van der Waals surface area contributed by atoms with Crippen LogP contribution in [0.3, 0.4) is 0 Å². The maximum absolute atomic E-state index is 11.1. The molecule has 5 heteroatoms. The molecule has 0 radical (unpaired) electrons. The van der Waals surface area contributed by atoms with Crippen molar-refractivity contribution in [3.8, 4) is 5.88 Å². The molecule has 76 valence electrons. The number of aromatic nitrogens is 1. The number of ether oxygens (including phenoxy) is 2. The van der Waals surface area contributed by atoms with Crippen LogP contribution in [0.5, 0.6) is 5.88 Å². The standard InChI is InChI=1S/C9H12N2O3/c1-3-14-8-5-6(10)4-7(11-8)9(12)13-2/h4-5H,3H2,1-2H3,(H2,10,11). The van der Waals surface area contributed by atoms with Gasteiger partial charge in [-0.05, 0) is 13.0 Å². The molecule has 0 bridgehead atoms. The Bertz CT molecular complexity index is 339. The van der Waals surface area contributed by atoms with Crippen LogP contribution in [0.4, 0.5) is 5.69 Å². The second kappa shape index (κ2) is 4.45. The fourth-order valence-corrected chi connectivity index (χ4v) is 0.956. The van der Waals surface area contributed by atoms with Crippen LogP contribution in [0.25, 0.3) is 0 Å². The highest BCUT2D eigenvalue weighted by atomic mass is 16.5. The molecule has 0 spiro atoms. The van der Waals surface area contributed by atoms with Crippen LogP contribution in [0.2, 0.25) is 0 Å². The fraction of sp³-hybridized carbons (Fsp3) is 0.333. The third kappa shape index (κ3) is 2.35. The number of rotatable bonds is 3. The number of nitrogen functional groups attached to an aromatic ring is 1. The lowest BCUT2D eigenvalue weighted by Gasteiger charge is -2.05. The summed E-state index contributed by atoms with van der Waals surface area (Å²) in [6, 6.07) is 2.99. The minimum atomic E-state index is -0.529. The summed E-state index contributed by atoms with van der Waals surface area (Å²) >= 11 is 0. The summed E-state index contributed by atoms with van der Waals surface area (Å²) in [6.07, 6.45) is 0. The van der Waals surface area contributed by atoms with E-state index >= 15 is 0 Å². The van der Waals surface area contributed by atoms with Gasteiger partial charge in [0.1, 0.15) is 0 Å². The van der Waals surface area contributed by atoms with Gasteiger partial charge in [0.15, 0.2) is 5.69 Å². The Morgan fingerprint density at radius 3 is 2.86 bits per heavy atom. The first-order valence-corrected chi connectivity index (χ1v) is 4.16. The number of methoxy groups -OCH3 is 1. The van der Waals surface area contributed by atoms with Gasteiger partial charge in [0, 0.05) is 11.8 Å². The van der Waals surface area contributed by atoms with Crippen molar-refractivity contribution < 1.29 is 14.3 Å². The van der Waals surface area contributed by atoms with Crippen LogP contribution in [-0.4, -0.2) is 24.7 Å². The third-order valence-corrected chi connectivity index (χ3v) is 1.51. The topological polar surface area (TPSA) is 74.4 Å². The number of esters is 1. The van der Waals surface area contributed by atoms with E-state index in [-0.39, 0.29) is 5.69 Å². The summed E-state index contributed by atoms with van der Waals surface area (Å²) in [7, 11) is 1.29. The van der Waals surface area contributed by atoms with Crippen LogP contribution in [0.1, 0.15) is 17.4 Å². The van der Waals surface area contributed by atoms with E-state index in [1.54, 1.807) is 6.07 Å². The van der Waals surface area contributed by atoms with E-state index in [0.717, 1.165) is 0 Å². The zero-order valence-corrected chi connectivity index (χ0v) is 8.11. The average Bonchev–Trinajstić information content (AvgIpc) is 2.16. The molecule has 0 unspecified atom stereocenters. The predicted molar refractivity (Wildman–Crippen MR) is 51.2 cm³/mol. The Hall–Kier alpha value is -1.78. The summed E-state index contributed by atoms with van der Waals surface area (Å²) < 4.78 is 9.63. The van der Waals surface area contributed by atoms with Gasteiger partial charge in [0.25, 0.3) is 0 Å². The molecule has 0 aliphatic heterocycles. The van der Waals surface area contributed by atoms with Gasteiger partial charge in [-0.15, -0.1) is 0 Å². The molecule has 0 aliphatic carbocycles. The Morgan fingerprint density at radius 2 is 2.29 bits per heavy atom. The molecule has 0 atom stereocenters. The molecule has 0 fully saturated rings. The molecule has 0 amide bonds. The van der Waals surface area contributed by atoms with Crippen LogP contribution in [0, 0.1) is 0 Å². The number of pyridine rings is 1. The smallest absolute Gasteiger partial charge is 0.356 e. The first kappa shape index (κ1) is 10.3. The number of carbonyl (C=O) groups excluding carboxylic acids is 1. The monoisotopic (exact) mass is 196 g/mol. The van der Waals surface area contributed by atoms with Gasteiger partial charge in [-0.25, -0.2) is 9.78 Å². The number of hydrogen-bond donors (Lipinski definition) is 1. The molecule has 0 aliphatic rings. The fourth-order valence-electron chi connectivity index (χ4n) is 0.956. The number of nitrogens with two attached hydrogens (primary N) is 1. The number of nitrogens with zero attached hydrogens (tertiary/aromatic N) is 1. The summed E-state index contributed by atoms with van der Waals surface area (Å²) in [4.78, 5) is 15.0. The zero-order chi connectivity index (χ0) is 10.6. The molecule has 5 nitrogen and oxygen atoms in total. The molecule has 2 N–H and O–H groups in total. The van der Waals surface area contributed by atoms with Crippen molar-refractivity contribution >= 4 is 11.7 Å². The molecule has 0 aromatic carbocycles. The van der Waals surface area contributed by atoms with Gasteiger partial charge in [0.2, 0.25) is 5.88 Å². The molecular weight excluding hydrogens is 184 g/mol. The molecule has 1 aromatic rings. The van der Waals surface area contributed by atoms with Crippen LogP contribution < -0.4 is 10.5 Å². The second-order valence-electron chi connectivity index (χ2n) is 2.55. The quantitative estimate of drug-likeness (QED) is 0.725. The molecule has 1 aromatic heterocycles. The van der Waals surface area contributed by atoms with Gasteiger partial charge in [-0.3, -0.25) is 0 Å². The van der Waals surface area contributed by atoms with Gasteiger partial charge < -0.3 is 15.2 Å².